The summed E-state index contributed by atoms with van der Waals surface area (Å²) in [6.45, 7) is 3.74. The molecule has 0 aliphatic heterocycles. The second kappa shape index (κ2) is 8.73. The van der Waals surface area contributed by atoms with Gasteiger partial charge in [-0.25, -0.2) is 4.98 Å². The van der Waals surface area contributed by atoms with Crippen molar-refractivity contribution in [1.29, 1.82) is 0 Å². The number of rotatable bonds is 8. The quantitative estimate of drug-likeness (QED) is 0.765. The fourth-order valence-corrected chi connectivity index (χ4v) is 2.71. The number of carbonyl (C=O) groups is 2. The first-order valence-electron chi connectivity index (χ1n) is 8.06. The van der Waals surface area contributed by atoms with Crippen LogP contribution in [0.2, 0.25) is 0 Å². The summed E-state index contributed by atoms with van der Waals surface area (Å²) in [5, 5.41) is 5.63. The molecule has 0 saturated carbocycles. The highest BCUT2D eigenvalue weighted by atomic mass is 32.2. The van der Waals surface area contributed by atoms with Crippen LogP contribution in [0.25, 0.3) is 11.1 Å². The Morgan fingerprint density at radius 3 is 2.79 bits per heavy atom. The summed E-state index contributed by atoms with van der Waals surface area (Å²) in [6, 6.07) is 4.81. The van der Waals surface area contributed by atoms with Crippen molar-refractivity contribution in [3.8, 4) is 0 Å². The molecule has 0 aliphatic carbocycles. The average molecular weight is 349 g/mol. The predicted octanol–water partition coefficient (Wildman–Crippen LogP) is 2.98. The van der Waals surface area contributed by atoms with Gasteiger partial charge in [0.2, 0.25) is 11.8 Å². The van der Waals surface area contributed by atoms with Gasteiger partial charge < -0.3 is 15.1 Å². The van der Waals surface area contributed by atoms with E-state index in [9.17, 15) is 9.59 Å². The van der Waals surface area contributed by atoms with Crippen molar-refractivity contribution in [3.63, 3.8) is 0 Å². The molecule has 24 heavy (non-hydrogen) atoms. The number of anilines is 1. The lowest BCUT2D eigenvalue weighted by Crippen LogP contribution is -2.43. The average Bonchev–Trinajstić information content (AvgIpc) is 3.00. The Labute approximate surface area is 145 Å². The van der Waals surface area contributed by atoms with Gasteiger partial charge in [0.25, 0.3) is 0 Å². The van der Waals surface area contributed by atoms with Gasteiger partial charge in [-0.15, -0.1) is 0 Å². The normalized spacial score (nSPS) is 12.1. The number of amides is 2. The van der Waals surface area contributed by atoms with Crippen molar-refractivity contribution in [2.45, 2.75) is 39.2 Å². The summed E-state index contributed by atoms with van der Waals surface area (Å²) >= 11 is 1.64. The van der Waals surface area contributed by atoms with Crippen molar-refractivity contribution in [2.75, 3.05) is 17.3 Å². The number of nitrogens with one attached hydrogen (secondary N) is 2. The lowest BCUT2D eigenvalue weighted by atomic mass is 10.2. The Hall–Kier alpha value is -2.02. The second-order valence-electron chi connectivity index (χ2n) is 5.39. The maximum absolute atomic E-state index is 12.5. The van der Waals surface area contributed by atoms with E-state index < -0.39 is 6.04 Å². The van der Waals surface area contributed by atoms with Gasteiger partial charge in [0.1, 0.15) is 11.6 Å². The van der Waals surface area contributed by atoms with Crippen molar-refractivity contribution in [2.24, 2.45) is 0 Å². The molecule has 0 spiro atoms. The number of thioether (sulfide) groups is 1. The Kier molecular flexibility index (Phi) is 6.66. The van der Waals surface area contributed by atoms with Crippen LogP contribution in [0, 0.1) is 0 Å². The first-order valence-corrected chi connectivity index (χ1v) is 9.45. The molecule has 1 heterocycles. The molecule has 2 amide bonds. The fraction of sp³-hybridized carbons (Fsp3) is 0.471. The van der Waals surface area contributed by atoms with E-state index in [4.69, 9.17) is 4.42 Å². The first-order chi connectivity index (χ1) is 11.6. The van der Waals surface area contributed by atoms with Gasteiger partial charge in [-0.1, -0.05) is 13.8 Å². The third-order valence-corrected chi connectivity index (χ3v) is 4.23. The van der Waals surface area contributed by atoms with Crippen LogP contribution in [-0.2, 0) is 16.0 Å². The highest BCUT2D eigenvalue weighted by Crippen LogP contribution is 2.20. The van der Waals surface area contributed by atoms with Crippen molar-refractivity contribution in [1.82, 2.24) is 10.3 Å². The summed E-state index contributed by atoms with van der Waals surface area (Å²) in [5.74, 6) is 1.12. The maximum atomic E-state index is 12.5. The van der Waals surface area contributed by atoms with Crippen LogP contribution in [-0.4, -0.2) is 34.8 Å². The zero-order chi connectivity index (χ0) is 17.5. The smallest absolute Gasteiger partial charge is 0.246 e. The molecule has 0 saturated heterocycles. The van der Waals surface area contributed by atoms with Crippen LogP contribution in [0.3, 0.4) is 0 Å². The molecule has 0 fully saturated rings. The predicted molar refractivity (Wildman–Crippen MR) is 97.2 cm³/mol. The van der Waals surface area contributed by atoms with E-state index in [1.807, 2.05) is 13.2 Å². The first kappa shape index (κ1) is 18.3. The SMILES string of the molecule is CCC(=O)NC(CCSC)C(=O)Nc1ccc2oc(CC)nc2c1. The third-order valence-electron chi connectivity index (χ3n) is 3.59. The highest BCUT2D eigenvalue weighted by molar-refractivity contribution is 7.98. The van der Waals surface area contributed by atoms with Gasteiger partial charge in [-0.05, 0) is 36.6 Å². The Bertz CT molecular complexity index is 714. The zero-order valence-electron chi connectivity index (χ0n) is 14.2. The molecule has 130 valence electrons. The molecule has 2 rings (SSSR count). The molecule has 0 bridgehead atoms. The molecule has 0 aliphatic rings. The molecule has 2 N–H and O–H groups in total. The molecule has 0 radical (unpaired) electrons. The number of hydrogen-bond donors (Lipinski definition) is 2. The Morgan fingerprint density at radius 2 is 2.12 bits per heavy atom. The van der Waals surface area contributed by atoms with E-state index in [0.717, 1.165) is 12.2 Å². The van der Waals surface area contributed by atoms with Crippen LogP contribution >= 0.6 is 11.8 Å². The number of aromatic nitrogens is 1. The lowest BCUT2D eigenvalue weighted by molar-refractivity contribution is -0.126. The van der Waals surface area contributed by atoms with Gasteiger partial charge >= 0.3 is 0 Å². The maximum Gasteiger partial charge on any atom is 0.246 e. The monoisotopic (exact) mass is 349 g/mol. The van der Waals surface area contributed by atoms with Crippen molar-refractivity contribution < 1.29 is 14.0 Å². The molecule has 1 atom stereocenters. The summed E-state index contributed by atoms with van der Waals surface area (Å²) in [6.07, 6.45) is 3.63. The minimum atomic E-state index is -0.538. The molecule has 1 unspecified atom stereocenters. The van der Waals surface area contributed by atoms with Crippen LogP contribution in [0.15, 0.2) is 22.6 Å². The minimum absolute atomic E-state index is 0.129. The minimum Gasteiger partial charge on any atom is -0.441 e. The molecule has 1 aromatic heterocycles. The third kappa shape index (κ3) is 4.74. The summed E-state index contributed by atoms with van der Waals surface area (Å²) in [5.41, 5.74) is 2.05. The largest absolute Gasteiger partial charge is 0.441 e. The second-order valence-corrected chi connectivity index (χ2v) is 6.37. The number of aryl methyl sites for hydroxylation is 1. The van der Waals surface area contributed by atoms with E-state index in [1.165, 1.54) is 0 Å². The van der Waals surface area contributed by atoms with Gasteiger partial charge in [0.05, 0.1) is 0 Å². The topological polar surface area (TPSA) is 84.2 Å². The highest BCUT2D eigenvalue weighted by Gasteiger charge is 2.20. The number of carbonyl (C=O) groups excluding carboxylic acids is 2. The van der Waals surface area contributed by atoms with Gasteiger partial charge in [0, 0.05) is 18.5 Å². The van der Waals surface area contributed by atoms with E-state index >= 15 is 0 Å². The van der Waals surface area contributed by atoms with Crippen molar-refractivity contribution in [3.05, 3.63) is 24.1 Å². The summed E-state index contributed by atoms with van der Waals surface area (Å²) in [7, 11) is 0. The molecular weight excluding hydrogens is 326 g/mol. The van der Waals surface area contributed by atoms with Crippen LogP contribution < -0.4 is 10.6 Å². The Morgan fingerprint density at radius 1 is 1.33 bits per heavy atom. The van der Waals surface area contributed by atoms with E-state index in [2.05, 4.69) is 15.6 Å². The van der Waals surface area contributed by atoms with Gasteiger partial charge in [0.15, 0.2) is 11.5 Å². The zero-order valence-corrected chi connectivity index (χ0v) is 15.0. The summed E-state index contributed by atoms with van der Waals surface area (Å²) in [4.78, 5) is 28.5. The van der Waals surface area contributed by atoms with E-state index in [0.29, 0.717) is 35.5 Å². The van der Waals surface area contributed by atoms with E-state index in [1.54, 1.807) is 36.9 Å². The fourth-order valence-electron chi connectivity index (χ4n) is 2.23. The number of benzene rings is 1. The molecule has 6 nitrogen and oxygen atoms in total. The molecular formula is C17H23N3O3S. The lowest BCUT2D eigenvalue weighted by Gasteiger charge is -2.17. The molecule has 7 heteroatoms. The molecule has 1 aromatic carbocycles. The Balaban J connectivity index is 2.10. The number of oxazole rings is 1. The number of hydrogen-bond acceptors (Lipinski definition) is 5. The van der Waals surface area contributed by atoms with Crippen LogP contribution in [0.4, 0.5) is 5.69 Å². The van der Waals surface area contributed by atoms with Crippen LogP contribution in [0.5, 0.6) is 0 Å². The molecule has 2 aromatic rings. The van der Waals surface area contributed by atoms with E-state index in [-0.39, 0.29) is 11.8 Å². The van der Waals surface area contributed by atoms with Crippen LogP contribution in [0.1, 0.15) is 32.6 Å². The summed E-state index contributed by atoms with van der Waals surface area (Å²) < 4.78 is 5.56. The number of nitrogens with zero attached hydrogens (tertiary/aromatic N) is 1. The number of fused-ring (bicyclic) bond motifs is 1. The van der Waals surface area contributed by atoms with Crippen molar-refractivity contribution >= 4 is 40.4 Å². The standard InChI is InChI=1S/C17H23N3O3S/c1-4-15(21)19-12(8-9-24-3)17(22)18-11-6-7-14-13(10-11)20-16(5-2)23-14/h6-7,10,12H,4-5,8-9H2,1-3H3,(H,18,22)(H,19,21). The van der Waals surface area contributed by atoms with Gasteiger partial charge in [-0.3, -0.25) is 9.59 Å². The van der Waals surface area contributed by atoms with Gasteiger partial charge in [-0.2, -0.15) is 11.8 Å².